The Balaban J connectivity index is 1.88. The molecule has 0 saturated carbocycles. The Morgan fingerprint density at radius 2 is 1.73 bits per heavy atom. The number of benzene rings is 3. The third-order valence-corrected chi connectivity index (χ3v) is 6.85. The van der Waals surface area contributed by atoms with Gasteiger partial charge in [-0.1, -0.05) is 62.0 Å². The molecule has 0 saturated heterocycles. The van der Waals surface area contributed by atoms with Gasteiger partial charge in [0.25, 0.3) is 15.9 Å². The van der Waals surface area contributed by atoms with Crippen LogP contribution in [0.5, 0.6) is 0 Å². The summed E-state index contributed by atoms with van der Waals surface area (Å²) in [5, 5.41) is 2.25. The minimum absolute atomic E-state index is 0.0378. The van der Waals surface area contributed by atoms with Crippen molar-refractivity contribution in [2.75, 3.05) is 0 Å². The zero-order chi connectivity index (χ0) is 18.5. The average molecular weight is 383 g/mol. The summed E-state index contributed by atoms with van der Waals surface area (Å²) in [6, 6.07) is 17.7. The van der Waals surface area contributed by atoms with E-state index in [1.165, 1.54) is 11.8 Å². The second kappa shape index (κ2) is 6.14. The Kier molecular flexibility index (Phi) is 4.04. The van der Waals surface area contributed by atoms with Gasteiger partial charge in [0.1, 0.15) is 4.90 Å². The van der Waals surface area contributed by atoms with Crippen molar-refractivity contribution in [1.29, 1.82) is 0 Å². The minimum Gasteiger partial charge on any atom is -0.268 e. The van der Waals surface area contributed by atoms with Gasteiger partial charge in [0, 0.05) is 9.79 Å². The third-order valence-electron chi connectivity index (χ3n) is 4.45. The molecule has 132 valence electrons. The van der Waals surface area contributed by atoms with Gasteiger partial charge >= 0.3 is 0 Å². The molecule has 3 aromatic rings. The maximum Gasteiger partial charge on any atom is 0.266 e. The second-order valence-electron chi connectivity index (χ2n) is 6.55. The van der Waals surface area contributed by atoms with Crippen molar-refractivity contribution in [3.05, 3.63) is 65.7 Å². The number of sulfonamides is 1. The van der Waals surface area contributed by atoms with Crippen LogP contribution in [-0.2, 0) is 10.0 Å². The summed E-state index contributed by atoms with van der Waals surface area (Å²) in [5.41, 5.74) is 1.03. The summed E-state index contributed by atoms with van der Waals surface area (Å²) in [6.45, 7) is 3.92. The van der Waals surface area contributed by atoms with Gasteiger partial charge in [0.15, 0.2) is 0 Å². The van der Waals surface area contributed by atoms with Crippen LogP contribution in [0.4, 0.5) is 0 Å². The minimum atomic E-state index is -3.78. The van der Waals surface area contributed by atoms with Crippen LogP contribution in [0, 0.1) is 0 Å². The maximum absolute atomic E-state index is 12.3. The molecule has 4 rings (SSSR count). The number of rotatable bonds is 3. The highest BCUT2D eigenvalue weighted by Crippen LogP contribution is 2.39. The first-order chi connectivity index (χ1) is 12.4. The number of hydrogen-bond donors (Lipinski definition) is 1. The molecule has 1 aliphatic heterocycles. The first-order valence-electron chi connectivity index (χ1n) is 8.27. The lowest BCUT2D eigenvalue weighted by Gasteiger charge is -2.13. The lowest BCUT2D eigenvalue weighted by molar-refractivity contribution is 0.0984. The van der Waals surface area contributed by atoms with Gasteiger partial charge in [-0.05, 0) is 40.5 Å². The molecule has 1 heterocycles. The van der Waals surface area contributed by atoms with Crippen LogP contribution in [0.1, 0.15) is 35.7 Å². The Morgan fingerprint density at radius 3 is 2.50 bits per heavy atom. The van der Waals surface area contributed by atoms with Gasteiger partial charge in [-0.3, -0.25) is 4.79 Å². The molecule has 0 radical (unpaired) electrons. The molecule has 1 N–H and O–H groups in total. The van der Waals surface area contributed by atoms with E-state index in [0.717, 1.165) is 26.1 Å². The van der Waals surface area contributed by atoms with Crippen LogP contribution in [0.3, 0.4) is 0 Å². The topological polar surface area (TPSA) is 63.2 Å². The fraction of sp³-hybridized carbons (Fsp3) is 0.150. The van der Waals surface area contributed by atoms with Gasteiger partial charge in [0.05, 0.1) is 5.56 Å². The fourth-order valence-electron chi connectivity index (χ4n) is 3.22. The van der Waals surface area contributed by atoms with Crippen LogP contribution in [0.2, 0.25) is 0 Å². The number of carbonyl (C=O) groups excluding carboxylic acids is 1. The van der Waals surface area contributed by atoms with Gasteiger partial charge in [0.2, 0.25) is 0 Å². The van der Waals surface area contributed by atoms with Crippen molar-refractivity contribution in [3.8, 4) is 0 Å². The first-order valence-corrected chi connectivity index (χ1v) is 10.6. The number of hydrogen-bond acceptors (Lipinski definition) is 4. The summed E-state index contributed by atoms with van der Waals surface area (Å²) in [5.74, 6) is -0.499. The third kappa shape index (κ3) is 2.79. The van der Waals surface area contributed by atoms with E-state index in [2.05, 4.69) is 22.9 Å². The zero-order valence-electron chi connectivity index (χ0n) is 14.3. The maximum atomic E-state index is 12.3. The SMILES string of the molecule is CC(C)c1cc(Sc2cccc3ccccc23)cc2c1C(=O)NS2(=O)=O. The van der Waals surface area contributed by atoms with Gasteiger partial charge in [-0.25, -0.2) is 13.1 Å². The largest absolute Gasteiger partial charge is 0.268 e. The molecule has 0 bridgehead atoms. The molecule has 26 heavy (non-hydrogen) atoms. The monoisotopic (exact) mass is 383 g/mol. The first kappa shape index (κ1) is 17.1. The van der Waals surface area contributed by atoms with E-state index in [4.69, 9.17) is 0 Å². The standard InChI is InChI=1S/C20H17NO3S2/c1-12(2)16-10-14(11-18-19(16)20(22)21-26(18,23)24)25-17-9-5-7-13-6-3-4-8-15(13)17/h3-12H,1-2H3,(H,21,22). The summed E-state index contributed by atoms with van der Waals surface area (Å²) in [6.07, 6.45) is 0. The van der Waals surface area contributed by atoms with Crippen LogP contribution in [0.15, 0.2) is 69.3 Å². The molecule has 0 aromatic heterocycles. The molecular weight excluding hydrogens is 366 g/mol. The molecule has 0 fully saturated rings. The van der Waals surface area contributed by atoms with Gasteiger partial charge in [-0.15, -0.1) is 0 Å². The van der Waals surface area contributed by atoms with E-state index in [1.807, 2.05) is 44.2 Å². The van der Waals surface area contributed by atoms with E-state index in [9.17, 15) is 13.2 Å². The van der Waals surface area contributed by atoms with Crippen molar-refractivity contribution in [1.82, 2.24) is 4.72 Å². The average Bonchev–Trinajstić information content (AvgIpc) is 2.83. The summed E-state index contributed by atoms with van der Waals surface area (Å²) in [4.78, 5) is 14.1. The van der Waals surface area contributed by atoms with E-state index in [0.29, 0.717) is 0 Å². The van der Waals surface area contributed by atoms with Crippen molar-refractivity contribution in [3.63, 3.8) is 0 Å². The molecule has 0 aliphatic carbocycles. The number of carbonyl (C=O) groups is 1. The number of amides is 1. The van der Waals surface area contributed by atoms with Crippen molar-refractivity contribution < 1.29 is 13.2 Å². The summed E-state index contributed by atoms with van der Waals surface area (Å²) < 4.78 is 26.7. The summed E-state index contributed by atoms with van der Waals surface area (Å²) >= 11 is 1.51. The van der Waals surface area contributed by atoms with E-state index in [-0.39, 0.29) is 16.4 Å². The van der Waals surface area contributed by atoms with Crippen molar-refractivity contribution >= 4 is 38.5 Å². The molecule has 0 spiro atoms. The molecule has 6 heteroatoms. The van der Waals surface area contributed by atoms with Crippen molar-refractivity contribution in [2.45, 2.75) is 34.5 Å². The molecular formula is C20H17NO3S2. The predicted molar refractivity (Wildman–Crippen MR) is 103 cm³/mol. The van der Waals surface area contributed by atoms with E-state index < -0.39 is 15.9 Å². The molecule has 1 amide bonds. The highest BCUT2D eigenvalue weighted by Gasteiger charge is 2.35. The Labute approximate surface area is 156 Å². The molecule has 4 nitrogen and oxygen atoms in total. The second-order valence-corrected chi connectivity index (χ2v) is 9.32. The number of nitrogens with one attached hydrogen (secondary N) is 1. The Morgan fingerprint density at radius 1 is 1.00 bits per heavy atom. The normalized spacial score (nSPS) is 15.3. The Bertz CT molecular complexity index is 1150. The van der Waals surface area contributed by atoms with E-state index in [1.54, 1.807) is 6.07 Å². The van der Waals surface area contributed by atoms with Crippen LogP contribution in [0.25, 0.3) is 10.8 Å². The van der Waals surface area contributed by atoms with Crippen LogP contribution >= 0.6 is 11.8 Å². The zero-order valence-corrected chi connectivity index (χ0v) is 15.9. The fourth-order valence-corrected chi connectivity index (χ4v) is 5.57. The van der Waals surface area contributed by atoms with Crippen LogP contribution in [-0.4, -0.2) is 14.3 Å². The molecule has 0 unspecified atom stereocenters. The lowest BCUT2D eigenvalue weighted by atomic mass is 9.97. The van der Waals surface area contributed by atoms with Crippen molar-refractivity contribution in [2.24, 2.45) is 0 Å². The summed E-state index contributed by atoms with van der Waals surface area (Å²) in [7, 11) is -3.78. The van der Waals surface area contributed by atoms with E-state index >= 15 is 0 Å². The smallest absolute Gasteiger partial charge is 0.266 e. The lowest BCUT2D eigenvalue weighted by Crippen LogP contribution is -2.21. The highest BCUT2D eigenvalue weighted by atomic mass is 32.2. The molecule has 3 aromatic carbocycles. The molecule has 1 aliphatic rings. The number of fused-ring (bicyclic) bond motifs is 2. The van der Waals surface area contributed by atoms with Gasteiger partial charge < -0.3 is 0 Å². The molecule has 0 atom stereocenters. The quantitative estimate of drug-likeness (QED) is 0.721. The van der Waals surface area contributed by atoms with Gasteiger partial charge in [-0.2, -0.15) is 0 Å². The van der Waals surface area contributed by atoms with Crippen LogP contribution < -0.4 is 4.72 Å². The highest BCUT2D eigenvalue weighted by molar-refractivity contribution is 7.99. The predicted octanol–water partition coefficient (Wildman–Crippen LogP) is 4.55. The Hall–Kier alpha value is -2.31.